The van der Waals surface area contributed by atoms with E-state index in [0.717, 1.165) is 11.1 Å². The van der Waals surface area contributed by atoms with Crippen molar-refractivity contribution in [2.45, 2.75) is 0 Å². The van der Waals surface area contributed by atoms with Crippen molar-refractivity contribution in [3.8, 4) is 17.2 Å². The minimum absolute atomic E-state index is 0.445. The number of methoxy groups -OCH3 is 1. The van der Waals surface area contributed by atoms with Crippen molar-refractivity contribution in [3.05, 3.63) is 66.0 Å². The van der Waals surface area contributed by atoms with Gasteiger partial charge in [0, 0.05) is 0 Å². The van der Waals surface area contributed by atoms with Crippen LogP contribution in [0.15, 0.2) is 59.1 Å². The first-order valence-electron chi connectivity index (χ1n) is 6.57. The van der Waals surface area contributed by atoms with E-state index in [0.29, 0.717) is 17.5 Å². The summed E-state index contributed by atoms with van der Waals surface area (Å²) in [5.41, 5.74) is 1.87. The summed E-state index contributed by atoms with van der Waals surface area (Å²) in [6.07, 6.45) is 3.76. The normalized spacial score (nSPS) is 10.9. The van der Waals surface area contributed by atoms with Gasteiger partial charge in [-0.15, -0.1) is 0 Å². The number of aromatic nitrogens is 2. The molecule has 0 aliphatic carbocycles. The van der Waals surface area contributed by atoms with Crippen LogP contribution < -0.4 is 4.74 Å². The number of ether oxygens (including phenoxy) is 1. The fourth-order valence-electron chi connectivity index (χ4n) is 1.97. The monoisotopic (exact) mass is 278 g/mol. The highest BCUT2D eigenvalue weighted by Gasteiger charge is 2.11. The van der Waals surface area contributed by atoms with E-state index < -0.39 is 0 Å². The molecule has 0 spiro atoms. The maximum atomic E-state index is 5.29. The number of hydrogen-bond donors (Lipinski definition) is 0. The smallest absolute Gasteiger partial charge is 0.261 e. The molecule has 3 aromatic rings. The molecule has 0 fully saturated rings. The van der Waals surface area contributed by atoms with E-state index in [-0.39, 0.29) is 0 Å². The maximum absolute atomic E-state index is 5.29. The molecule has 4 heteroatoms. The van der Waals surface area contributed by atoms with Gasteiger partial charge >= 0.3 is 0 Å². The zero-order valence-corrected chi connectivity index (χ0v) is 11.6. The molecule has 4 nitrogen and oxygen atoms in total. The molecule has 0 unspecified atom stereocenters. The summed E-state index contributed by atoms with van der Waals surface area (Å²) in [5, 5.41) is 3.95. The third kappa shape index (κ3) is 3.00. The minimum atomic E-state index is 0.445. The fourth-order valence-corrected chi connectivity index (χ4v) is 1.97. The standard InChI is InChI=1S/C17H14N2O2/c1-20-15-10-6-5-9-14(15)17-18-16(19-21-17)12-11-13-7-3-2-4-8-13/h2-12H,1H3/b12-11+. The highest BCUT2D eigenvalue weighted by Crippen LogP contribution is 2.28. The Morgan fingerprint density at radius 3 is 2.52 bits per heavy atom. The van der Waals surface area contributed by atoms with Crippen molar-refractivity contribution in [1.82, 2.24) is 10.1 Å². The molecule has 2 aromatic carbocycles. The van der Waals surface area contributed by atoms with Crippen LogP contribution >= 0.6 is 0 Å². The van der Waals surface area contributed by atoms with E-state index in [1.54, 1.807) is 7.11 Å². The van der Waals surface area contributed by atoms with Gasteiger partial charge in [0.25, 0.3) is 5.89 Å². The molecule has 0 saturated heterocycles. The number of hydrogen-bond acceptors (Lipinski definition) is 4. The van der Waals surface area contributed by atoms with Gasteiger partial charge in [-0.05, 0) is 23.8 Å². The zero-order chi connectivity index (χ0) is 14.5. The predicted molar refractivity (Wildman–Crippen MR) is 81.7 cm³/mol. The van der Waals surface area contributed by atoms with Crippen LogP contribution in [0, 0.1) is 0 Å². The van der Waals surface area contributed by atoms with Crippen LogP contribution in [0.3, 0.4) is 0 Å². The lowest BCUT2D eigenvalue weighted by Gasteiger charge is -2.02. The van der Waals surface area contributed by atoms with Gasteiger partial charge in [0.2, 0.25) is 0 Å². The summed E-state index contributed by atoms with van der Waals surface area (Å²) in [4.78, 5) is 4.36. The van der Waals surface area contributed by atoms with Crippen molar-refractivity contribution < 1.29 is 9.26 Å². The molecule has 0 aliphatic rings. The zero-order valence-electron chi connectivity index (χ0n) is 11.6. The summed E-state index contributed by atoms with van der Waals surface area (Å²) < 4.78 is 10.6. The molecule has 0 atom stereocenters. The van der Waals surface area contributed by atoms with Gasteiger partial charge in [-0.3, -0.25) is 0 Å². The molecule has 3 rings (SSSR count). The summed E-state index contributed by atoms with van der Waals surface area (Å²) in [7, 11) is 1.62. The summed E-state index contributed by atoms with van der Waals surface area (Å²) in [6, 6.07) is 17.5. The Morgan fingerprint density at radius 2 is 1.71 bits per heavy atom. The van der Waals surface area contributed by atoms with Crippen LogP contribution in [0.4, 0.5) is 0 Å². The summed E-state index contributed by atoms with van der Waals surface area (Å²) in [6.45, 7) is 0. The van der Waals surface area contributed by atoms with E-state index in [1.807, 2.05) is 66.7 Å². The maximum Gasteiger partial charge on any atom is 0.261 e. The molecule has 0 amide bonds. The minimum Gasteiger partial charge on any atom is -0.496 e. The lowest BCUT2D eigenvalue weighted by atomic mass is 10.2. The lowest BCUT2D eigenvalue weighted by molar-refractivity contribution is 0.404. The molecule has 21 heavy (non-hydrogen) atoms. The average molecular weight is 278 g/mol. The molecule has 1 heterocycles. The Morgan fingerprint density at radius 1 is 0.952 bits per heavy atom. The van der Waals surface area contributed by atoms with Crippen LogP contribution in [-0.2, 0) is 0 Å². The van der Waals surface area contributed by atoms with Gasteiger partial charge < -0.3 is 9.26 Å². The van der Waals surface area contributed by atoms with E-state index in [9.17, 15) is 0 Å². The molecular formula is C17H14N2O2. The fraction of sp³-hybridized carbons (Fsp3) is 0.0588. The van der Waals surface area contributed by atoms with Gasteiger partial charge in [-0.1, -0.05) is 53.7 Å². The molecule has 0 N–H and O–H groups in total. The molecule has 0 aliphatic heterocycles. The molecule has 0 bridgehead atoms. The Bertz CT molecular complexity index is 748. The quantitative estimate of drug-likeness (QED) is 0.725. The van der Waals surface area contributed by atoms with Gasteiger partial charge in [-0.25, -0.2) is 0 Å². The molecular weight excluding hydrogens is 264 g/mol. The number of benzene rings is 2. The molecule has 1 aromatic heterocycles. The topological polar surface area (TPSA) is 48.2 Å². The number of rotatable bonds is 4. The van der Waals surface area contributed by atoms with Crippen molar-refractivity contribution in [3.63, 3.8) is 0 Å². The Balaban J connectivity index is 1.85. The van der Waals surface area contributed by atoms with Crippen LogP contribution in [0.1, 0.15) is 11.4 Å². The Hall–Kier alpha value is -2.88. The second-order valence-corrected chi connectivity index (χ2v) is 4.40. The van der Waals surface area contributed by atoms with Crippen molar-refractivity contribution in [2.75, 3.05) is 7.11 Å². The average Bonchev–Trinajstić information content (AvgIpc) is 3.02. The lowest BCUT2D eigenvalue weighted by Crippen LogP contribution is -1.87. The van der Waals surface area contributed by atoms with Gasteiger partial charge in [-0.2, -0.15) is 4.98 Å². The first kappa shape index (κ1) is 13.1. The van der Waals surface area contributed by atoms with E-state index in [2.05, 4.69) is 10.1 Å². The Kier molecular flexibility index (Phi) is 3.78. The third-order valence-corrected chi connectivity index (χ3v) is 3.00. The van der Waals surface area contributed by atoms with Gasteiger partial charge in [0.1, 0.15) is 5.75 Å². The van der Waals surface area contributed by atoms with E-state index in [4.69, 9.17) is 9.26 Å². The number of para-hydroxylation sites is 1. The molecule has 0 saturated carbocycles. The van der Waals surface area contributed by atoms with Crippen LogP contribution in [0.2, 0.25) is 0 Å². The number of nitrogens with zero attached hydrogens (tertiary/aromatic N) is 2. The molecule has 0 radical (unpaired) electrons. The second-order valence-electron chi connectivity index (χ2n) is 4.40. The SMILES string of the molecule is COc1ccccc1-c1nc(/C=C/c2ccccc2)no1. The summed E-state index contributed by atoms with van der Waals surface area (Å²) in [5.74, 6) is 1.68. The van der Waals surface area contributed by atoms with Crippen molar-refractivity contribution in [1.29, 1.82) is 0 Å². The highest BCUT2D eigenvalue weighted by molar-refractivity contribution is 5.68. The van der Waals surface area contributed by atoms with E-state index >= 15 is 0 Å². The van der Waals surface area contributed by atoms with Crippen molar-refractivity contribution >= 4 is 12.2 Å². The first-order chi connectivity index (χ1) is 10.4. The van der Waals surface area contributed by atoms with Crippen LogP contribution in [0.25, 0.3) is 23.6 Å². The first-order valence-corrected chi connectivity index (χ1v) is 6.57. The highest BCUT2D eigenvalue weighted by atomic mass is 16.5. The Labute approximate surface area is 122 Å². The third-order valence-electron chi connectivity index (χ3n) is 3.00. The second kappa shape index (κ2) is 6.05. The largest absolute Gasteiger partial charge is 0.496 e. The summed E-state index contributed by atoms with van der Waals surface area (Å²) >= 11 is 0. The van der Waals surface area contributed by atoms with Gasteiger partial charge in [0.05, 0.1) is 12.7 Å². The van der Waals surface area contributed by atoms with Gasteiger partial charge in [0.15, 0.2) is 5.82 Å². The van der Waals surface area contributed by atoms with E-state index in [1.165, 1.54) is 0 Å². The van der Waals surface area contributed by atoms with Crippen molar-refractivity contribution in [2.24, 2.45) is 0 Å². The van der Waals surface area contributed by atoms with Crippen LogP contribution in [-0.4, -0.2) is 17.3 Å². The molecule has 104 valence electrons. The predicted octanol–water partition coefficient (Wildman–Crippen LogP) is 3.92. The van der Waals surface area contributed by atoms with Crippen LogP contribution in [0.5, 0.6) is 5.75 Å².